The molecule has 1 aliphatic rings. The van der Waals surface area contributed by atoms with Gasteiger partial charge in [0.1, 0.15) is 5.82 Å². The Hall–Kier alpha value is -2.89. The van der Waals surface area contributed by atoms with E-state index in [1.54, 1.807) is 11.6 Å². The van der Waals surface area contributed by atoms with E-state index in [0.717, 1.165) is 37.3 Å². The first-order chi connectivity index (χ1) is 15.9. The number of amides is 1. The van der Waals surface area contributed by atoms with Crippen molar-refractivity contribution >= 4 is 44.7 Å². The Labute approximate surface area is 203 Å². The van der Waals surface area contributed by atoms with E-state index in [9.17, 15) is 13.2 Å². The lowest BCUT2D eigenvalue weighted by Crippen LogP contribution is -2.31. The van der Waals surface area contributed by atoms with Gasteiger partial charge in [0.05, 0.1) is 29.2 Å². The van der Waals surface area contributed by atoms with Crippen LogP contribution in [0.1, 0.15) is 41.1 Å². The highest BCUT2D eigenvalue weighted by atomic mass is 35.5. The number of nitrogens with zero attached hydrogens (tertiary/aromatic N) is 5. The minimum Gasteiger partial charge on any atom is -0.355 e. The number of aryl methyl sites for hydroxylation is 1. The predicted molar refractivity (Wildman–Crippen MR) is 133 cm³/mol. The van der Waals surface area contributed by atoms with E-state index in [-0.39, 0.29) is 17.3 Å². The van der Waals surface area contributed by atoms with E-state index < -0.39 is 22.0 Å². The van der Waals surface area contributed by atoms with Crippen molar-refractivity contribution in [1.29, 1.82) is 0 Å². The van der Waals surface area contributed by atoms with E-state index >= 15 is 0 Å². The van der Waals surface area contributed by atoms with Gasteiger partial charge in [-0.1, -0.05) is 11.6 Å². The second kappa shape index (κ2) is 9.05. The summed E-state index contributed by atoms with van der Waals surface area (Å²) in [6.07, 6.45) is 1.96. The summed E-state index contributed by atoms with van der Waals surface area (Å²) in [6, 6.07) is 8.01. The van der Waals surface area contributed by atoms with Crippen LogP contribution < -0.4 is 15.4 Å². The number of nitrogens with two attached hydrogens (primary N) is 1. The number of aromatic nitrogens is 3. The average molecular weight is 506 g/mol. The third kappa shape index (κ3) is 4.96. The highest BCUT2D eigenvalue weighted by Gasteiger charge is 2.26. The van der Waals surface area contributed by atoms with Gasteiger partial charge >= 0.3 is 0 Å². The normalized spacial score (nSPS) is 17.2. The van der Waals surface area contributed by atoms with Crippen molar-refractivity contribution < 1.29 is 13.2 Å². The molecule has 2 atom stereocenters. The molecule has 2 aromatic heterocycles. The van der Waals surface area contributed by atoms with Gasteiger partial charge in [-0.2, -0.15) is 5.10 Å². The largest absolute Gasteiger partial charge is 0.355 e. The van der Waals surface area contributed by atoms with Crippen molar-refractivity contribution in [3.8, 4) is 0 Å². The van der Waals surface area contributed by atoms with Crippen LogP contribution in [0.5, 0.6) is 0 Å². The van der Waals surface area contributed by atoms with Crippen molar-refractivity contribution in [1.82, 2.24) is 19.5 Å². The number of carbonyl (C=O) groups is 1. The molecule has 1 aromatic carbocycles. The smallest absolute Gasteiger partial charge is 0.256 e. The van der Waals surface area contributed by atoms with Crippen molar-refractivity contribution in [3.63, 3.8) is 0 Å². The van der Waals surface area contributed by atoms with Crippen LogP contribution in [0.4, 0.5) is 11.5 Å². The van der Waals surface area contributed by atoms with Crippen LogP contribution in [-0.4, -0.2) is 66.3 Å². The van der Waals surface area contributed by atoms with Gasteiger partial charge in [0.15, 0.2) is 5.65 Å². The topological polar surface area (TPSA) is 126 Å². The van der Waals surface area contributed by atoms with Crippen LogP contribution in [0.3, 0.4) is 0 Å². The Balaban J connectivity index is 1.63. The third-order valence-corrected chi connectivity index (χ3v) is 6.82. The number of sulfonamides is 1. The lowest BCUT2D eigenvalue weighted by atomic mass is 10.1. The molecule has 182 valence electrons. The van der Waals surface area contributed by atoms with E-state index in [2.05, 4.69) is 14.7 Å². The van der Waals surface area contributed by atoms with Gasteiger partial charge in [-0.25, -0.2) is 17.9 Å². The van der Waals surface area contributed by atoms with Crippen LogP contribution >= 0.6 is 11.6 Å². The summed E-state index contributed by atoms with van der Waals surface area (Å²) < 4.78 is 27.6. The lowest BCUT2D eigenvalue weighted by Gasteiger charge is -2.24. The number of hydrogen-bond donors (Lipinski definition) is 2. The van der Waals surface area contributed by atoms with Crippen molar-refractivity contribution in [3.05, 3.63) is 52.3 Å². The maximum absolute atomic E-state index is 13.3. The first-order valence-corrected chi connectivity index (χ1v) is 13.1. The molecule has 1 aliphatic heterocycles. The highest BCUT2D eigenvalue weighted by Crippen LogP contribution is 2.28. The molecule has 0 saturated carbocycles. The van der Waals surface area contributed by atoms with Gasteiger partial charge in [-0.05, 0) is 38.5 Å². The molecule has 4 rings (SSSR count). The number of anilines is 2. The number of nitrogens with one attached hydrogen (secondary N) is 1. The molecule has 12 heteroatoms. The summed E-state index contributed by atoms with van der Waals surface area (Å²) in [4.78, 5) is 21.7. The Kier molecular flexibility index (Phi) is 6.45. The van der Waals surface area contributed by atoms with E-state index in [1.807, 2.05) is 26.0 Å². The van der Waals surface area contributed by atoms with Crippen LogP contribution in [-0.2, 0) is 10.0 Å². The molecular formula is C22H28ClN7O3S. The van der Waals surface area contributed by atoms with Gasteiger partial charge in [-0.15, -0.1) is 0 Å². The predicted octanol–water partition coefficient (Wildman–Crippen LogP) is 2.43. The SMILES string of the molecule is Cc1cc(N2CC[C@H](N)C2)nc2cc([C@H](C)N(C)C(=O)c3cc(Cl)ccc3NS(C)(=O)=O)nn12. The maximum atomic E-state index is 13.3. The number of hydrogen-bond acceptors (Lipinski definition) is 7. The third-order valence-electron chi connectivity index (χ3n) is 6.00. The fourth-order valence-corrected chi connectivity index (χ4v) is 4.78. The van der Waals surface area contributed by atoms with Gasteiger partial charge in [0, 0.05) is 49.0 Å². The Morgan fingerprint density at radius 1 is 1.32 bits per heavy atom. The highest BCUT2D eigenvalue weighted by molar-refractivity contribution is 7.92. The molecule has 0 radical (unpaired) electrons. The van der Waals surface area contributed by atoms with Gasteiger partial charge in [-0.3, -0.25) is 9.52 Å². The van der Waals surface area contributed by atoms with Crippen LogP contribution in [0.15, 0.2) is 30.3 Å². The summed E-state index contributed by atoms with van der Waals surface area (Å²) in [6.45, 7) is 5.44. The zero-order chi connectivity index (χ0) is 24.8. The van der Waals surface area contributed by atoms with Crippen LogP contribution in [0, 0.1) is 6.92 Å². The molecule has 1 fully saturated rings. The summed E-state index contributed by atoms with van der Waals surface area (Å²) in [7, 11) is -1.94. The molecule has 0 unspecified atom stereocenters. The first-order valence-electron chi connectivity index (χ1n) is 10.9. The van der Waals surface area contributed by atoms with Crippen LogP contribution in [0.25, 0.3) is 5.65 Å². The summed E-state index contributed by atoms with van der Waals surface area (Å²) in [5, 5.41) is 5.00. The van der Waals surface area contributed by atoms with Gasteiger partial charge < -0.3 is 15.5 Å². The van der Waals surface area contributed by atoms with E-state index in [4.69, 9.17) is 22.3 Å². The molecule has 1 amide bonds. The minimum atomic E-state index is -3.58. The number of benzene rings is 1. The molecule has 3 aromatic rings. The number of fused-ring (bicyclic) bond motifs is 1. The summed E-state index contributed by atoms with van der Waals surface area (Å²) in [5.74, 6) is 0.464. The molecule has 1 saturated heterocycles. The zero-order valence-corrected chi connectivity index (χ0v) is 21.1. The lowest BCUT2D eigenvalue weighted by molar-refractivity contribution is 0.0740. The summed E-state index contributed by atoms with van der Waals surface area (Å²) >= 11 is 6.10. The van der Waals surface area contributed by atoms with Gasteiger partial charge in [0.2, 0.25) is 10.0 Å². The number of halogens is 1. The molecular weight excluding hydrogens is 478 g/mol. The molecule has 0 bridgehead atoms. The first kappa shape index (κ1) is 24.2. The average Bonchev–Trinajstić information content (AvgIpc) is 3.39. The molecule has 0 aliphatic carbocycles. The monoisotopic (exact) mass is 505 g/mol. The number of rotatable bonds is 6. The van der Waals surface area contributed by atoms with Crippen LogP contribution in [0.2, 0.25) is 5.02 Å². The molecule has 3 heterocycles. The second-order valence-electron chi connectivity index (χ2n) is 8.75. The Bertz CT molecular complexity index is 1360. The van der Waals surface area contributed by atoms with Crippen molar-refractivity contribution in [2.24, 2.45) is 5.73 Å². The van der Waals surface area contributed by atoms with E-state index in [0.29, 0.717) is 16.4 Å². The fraction of sp³-hybridized carbons (Fsp3) is 0.409. The van der Waals surface area contributed by atoms with E-state index in [1.165, 1.54) is 23.1 Å². The second-order valence-corrected chi connectivity index (χ2v) is 10.9. The van der Waals surface area contributed by atoms with Gasteiger partial charge in [0.25, 0.3) is 5.91 Å². The Morgan fingerprint density at radius 3 is 2.71 bits per heavy atom. The molecule has 0 spiro atoms. The maximum Gasteiger partial charge on any atom is 0.256 e. The molecule has 3 N–H and O–H groups in total. The fourth-order valence-electron chi connectivity index (χ4n) is 4.03. The number of carbonyl (C=O) groups excluding carboxylic acids is 1. The standard InChI is InChI=1S/C22H28ClN7O3S/c1-13-9-20(29-8-7-16(24)12-29)25-21-11-19(26-30(13)21)14(2)28(3)22(31)17-10-15(23)5-6-18(17)27-34(4,32)33/h5-6,9-11,14,16,27H,7-8,12,24H2,1-4H3/t14-,16-/m0/s1. The minimum absolute atomic E-state index is 0.145. The summed E-state index contributed by atoms with van der Waals surface area (Å²) in [5.41, 5.74) is 8.62. The zero-order valence-electron chi connectivity index (χ0n) is 19.5. The molecule has 34 heavy (non-hydrogen) atoms. The Morgan fingerprint density at radius 2 is 2.06 bits per heavy atom. The quantitative estimate of drug-likeness (QED) is 0.526. The molecule has 10 nitrogen and oxygen atoms in total. The van der Waals surface area contributed by atoms with Crippen molar-refractivity contribution in [2.75, 3.05) is 36.0 Å². The van der Waals surface area contributed by atoms with Crippen molar-refractivity contribution in [2.45, 2.75) is 32.4 Å².